The lowest BCUT2D eigenvalue weighted by atomic mass is 9.66. The number of carbonyl (C=O) groups is 2. The van der Waals surface area contributed by atoms with Gasteiger partial charge in [-0.1, -0.05) is 18.6 Å². The predicted octanol–water partition coefficient (Wildman–Crippen LogP) is 1.52. The van der Waals surface area contributed by atoms with Crippen molar-refractivity contribution in [3.63, 3.8) is 0 Å². The first kappa shape index (κ1) is 14.5. The zero-order valence-corrected chi connectivity index (χ0v) is 11.4. The largest absolute Gasteiger partial charge is 0.478 e. The number of hydrogen-bond acceptors (Lipinski definition) is 3. The molecule has 5 nitrogen and oxygen atoms in total. The van der Waals surface area contributed by atoms with Crippen LogP contribution in [0.3, 0.4) is 0 Å². The number of amides is 1. The molecule has 1 aliphatic rings. The smallest absolute Gasteiger partial charge is 0.335 e. The van der Waals surface area contributed by atoms with Crippen molar-refractivity contribution in [1.82, 2.24) is 5.32 Å². The molecule has 0 aliphatic heterocycles. The van der Waals surface area contributed by atoms with Crippen molar-refractivity contribution in [3.05, 3.63) is 35.4 Å². The number of benzene rings is 1. The lowest BCUT2D eigenvalue weighted by molar-refractivity contribution is -0.124. The number of nitrogens with two attached hydrogens (primary N) is 1. The van der Waals surface area contributed by atoms with Crippen molar-refractivity contribution in [3.8, 4) is 0 Å². The van der Waals surface area contributed by atoms with Crippen molar-refractivity contribution < 1.29 is 14.7 Å². The maximum Gasteiger partial charge on any atom is 0.335 e. The molecule has 2 rings (SSSR count). The highest BCUT2D eigenvalue weighted by Gasteiger charge is 2.37. The van der Waals surface area contributed by atoms with Gasteiger partial charge in [0.15, 0.2) is 0 Å². The van der Waals surface area contributed by atoms with Crippen LogP contribution in [0.4, 0.5) is 0 Å². The van der Waals surface area contributed by atoms with Gasteiger partial charge < -0.3 is 16.2 Å². The van der Waals surface area contributed by atoms with Crippen LogP contribution in [0.2, 0.25) is 0 Å². The van der Waals surface area contributed by atoms with Crippen LogP contribution in [0.25, 0.3) is 0 Å². The summed E-state index contributed by atoms with van der Waals surface area (Å²) in [6, 6.07) is 6.59. The average Bonchev–Trinajstić information content (AvgIpc) is 2.41. The number of carboxylic acid groups (broad SMARTS) is 1. The molecule has 1 aromatic carbocycles. The minimum absolute atomic E-state index is 0.00695. The lowest BCUT2D eigenvalue weighted by Crippen LogP contribution is -2.41. The van der Waals surface area contributed by atoms with Crippen LogP contribution in [-0.2, 0) is 11.3 Å². The van der Waals surface area contributed by atoms with E-state index < -0.39 is 5.97 Å². The summed E-state index contributed by atoms with van der Waals surface area (Å²) in [5.74, 6) is -0.981. The molecule has 4 N–H and O–H groups in total. The molecule has 0 heterocycles. The van der Waals surface area contributed by atoms with Crippen molar-refractivity contribution in [2.45, 2.75) is 32.2 Å². The molecular formula is C15H20N2O3. The molecular weight excluding hydrogens is 256 g/mol. The number of carboxylic acids is 1. The van der Waals surface area contributed by atoms with Gasteiger partial charge in [-0.05, 0) is 42.5 Å². The first-order chi connectivity index (χ1) is 9.54. The van der Waals surface area contributed by atoms with Gasteiger partial charge in [0.1, 0.15) is 0 Å². The Kier molecular flexibility index (Phi) is 4.39. The first-order valence-corrected chi connectivity index (χ1v) is 6.84. The van der Waals surface area contributed by atoms with Crippen LogP contribution in [0.5, 0.6) is 0 Å². The second-order valence-electron chi connectivity index (χ2n) is 5.52. The fourth-order valence-electron chi connectivity index (χ4n) is 2.55. The minimum Gasteiger partial charge on any atom is -0.478 e. The van der Waals surface area contributed by atoms with Crippen LogP contribution >= 0.6 is 0 Å². The first-order valence-electron chi connectivity index (χ1n) is 6.84. The third kappa shape index (κ3) is 3.36. The molecule has 0 bridgehead atoms. The number of nitrogens with one attached hydrogen (secondary N) is 1. The zero-order chi connectivity index (χ0) is 14.6. The highest BCUT2D eigenvalue weighted by Crippen LogP contribution is 2.42. The zero-order valence-electron chi connectivity index (χ0n) is 11.4. The molecule has 1 amide bonds. The van der Waals surface area contributed by atoms with Gasteiger partial charge >= 0.3 is 5.97 Å². The SMILES string of the molecule is NCC1(CC(=O)NCc2cccc(C(=O)O)c2)CCC1. The van der Waals surface area contributed by atoms with E-state index in [4.69, 9.17) is 10.8 Å². The van der Waals surface area contributed by atoms with Gasteiger partial charge in [0, 0.05) is 13.0 Å². The average molecular weight is 276 g/mol. The van der Waals surface area contributed by atoms with Gasteiger partial charge in [-0.3, -0.25) is 4.79 Å². The Balaban J connectivity index is 1.87. The molecule has 1 fully saturated rings. The Morgan fingerprint density at radius 1 is 1.35 bits per heavy atom. The second kappa shape index (κ2) is 6.05. The highest BCUT2D eigenvalue weighted by atomic mass is 16.4. The molecule has 20 heavy (non-hydrogen) atoms. The van der Waals surface area contributed by atoms with E-state index in [-0.39, 0.29) is 16.9 Å². The standard InChI is InChI=1S/C15H20N2O3/c16-10-15(5-2-6-15)8-13(18)17-9-11-3-1-4-12(7-11)14(19)20/h1,3-4,7H,2,5-6,8-10,16H2,(H,17,18)(H,19,20). The van der Waals surface area contributed by atoms with Gasteiger partial charge in [-0.15, -0.1) is 0 Å². The summed E-state index contributed by atoms with van der Waals surface area (Å²) in [6.07, 6.45) is 3.64. The Hall–Kier alpha value is -1.88. The van der Waals surface area contributed by atoms with Gasteiger partial charge in [-0.2, -0.15) is 0 Å². The fraction of sp³-hybridized carbons (Fsp3) is 0.467. The molecule has 1 aliphatic carbocycles. The van der Waals surface area contributed by atoms with E-state index in [0.29, 0.717) is 19.5 Å². The summed E-state index contributed by atoms with van der Waals surface area (Å²) in [5.41, 5.74) is 6.74. The molecule has 1 saturated carbocycles. The van der Waals surface area contributed by atoms with Crippen molar-refractivity contribution >= 4 is 11.9 Å². The Bertz CT molecular complexity index is 504. The molecule has 5 heteroatoms. The highest BCUT2D eigenvalue weighted by molar-refractivity contribution is 5.87. The third-order valence-electron chi connectivity index (χ3n) is 4.05. The molecule has 0 atom stereocenters. The van der Waals surface area contributed by atoms with Crippen LogP contribution in [0.1, 0.15) is 41.6 Å². The normalized spacial score (nSPS) is 16.2. The van der Waals surface area contributed by atoms with E-state index >= 15 is 0 Å². The Morgan fingerprint density at radius 2 is 2.10 bits per heavy atom. The van der Waals surface area contributed by atoms with Crippen LogP contribution < -0.4 is 11.1 Å². The molecule has 0 radical (unpaired) electrons. The maximum atomic E-state index is 11.9. The van der Waals surface area contributed by atoms with Crippen LogP contribution in [-0.4, -0.2) is 23.5 Å². The number of aromatic carboxylic acids is 1. The molecule has 0 saturated heterocycles. The summed E-state index contributed by atoms with van der Waals surface area (Å²) < 4.78 is 0. The van der Waals surface area contributed by atoms with Crippen molar-refractivity contribution in [2.75, 3.05) is 6.54 Å². The fourth-order valence-corrected chi connectivity index (χ4v) is 2.55. The van der Waals surface area contributed by atoms with Crippen molar-refractivity contribution in [2.24, 2.45) is 11.1 Å². The molecule has 0 unspecified atom stereocenters. The maximum absolute atomic E-state index is 11.9. The topological polar surface area (TPSA) is 92.4 Å². The summed E-state index contributed by atoms with van der Waals surface area (Å²) in [6.45, 7) is 0.898. The van der Waals surface area contributed by atoms with Crippen LogP contribution in [0, 0.1) is 5.41 Å². The second-order valence-corrected chi connectivity index (χ2v) is 5.52. The number of rotatable bonds is 6. The van der Waals surface area contributed by atoms with Crippen LogP contribution in [0.15, 0.2) is 24.3 Å². The van der Waals surface area contributed by atoms with E-state index in [2.05, 4.69) is 5.32 Å². The monoisotopic (exact) mass is 276 g/mol. The quantitative estimate of drug-likeness (QED) is 0.734. The van der Waals surface area contributed by atoms with E-state index in [1.54, 1.807) is 18.2 Å². The third-order valence-corrected chi connectivity index (χ3v) is 4.05. The molecule has 0 aromatic heterocycles. The summed E-state index contributed by atoms with van der Waals surface area (Å²) in [5, 5.41) is 11.7. The van der Waals surface area contributed by atoms with E-state index in [1.165, 1.54) is 6.07 Å². The lowest BCUT2D eigenvalue weighted by Gasteiger charge is -2.40. The minimum atomic E-state index is -0.963. The van der Waals surface area contributed by atoms with Gasteiger partial charge in [-0.25, -0.2) is 4.79 Å². The van der Waals surface area contributed by atoms with Gasteiger partial charge in [0.25, 0.3) is 0 Å². The van der Waals surface area contributed by atoms with Crippen molar-refractivity contribution in [1.29, 1.82) is 0 Å². The molecule has 108 valence electrons. The summed E-state index contributed by atoms with van der Waals surface area (Å²) in [7, 11) is 0. The van der Waals surface area contributed by atoms with Gasteiger partial charge in [0.2, 0.25) is 5.91 Å². The Morgan fingerprint density at radius 3 is 2.65 bits per heavy atom. The van der Waals surface area contributed by atoms with E-state index in [1.807, 2.05) is 0 Å². The summed E-state index contributed by atoms with van der Waals surface area (Å²) in [4.78, 5) is 22.8. The summed E-state index contributed by atoms with van der Waals surface area (Å²) >= 11 is 0. The molecule has 1 aromatic rings. The Labute approximate surface area is 118 Å². The molecule has 0 spiro atoms. The van der Waals surface area contributed by atoms with E-state index in [9.17, 15) is 9.59 Å². The van der Waals surface area contributed by atoms with Gasteiger partial charge in [0.05, 0.1) is 5.56 Å². The predicted molar refractivity (Wildman–Crippen MR) is 75.2 cm³/mol. The number of carbonyl (C=O) groups excluding carboxylic acids is 1. The van der Waals surface area contributed by atoms with E-state index in [0.717, 1.165) is 24.8 Å². The number of hydrogen-bond donors (Lipinski definition) is 3.